The molecule has 1 N–H and O–H groups in total. The Labute approximate surface area is 200 Å². The third-order valence-electron chi connectivity index (χ3n) is 4.20. The summed E-state index contributed by atoms with van der Waals surface area (Å²) in [5, 5.41) is 10.4. The van der Waals surface area contributed by atoms with Gasteiger partial charge in [0.15, 0.2) is 10.8 Å². The number of furan rings is 1. The molecule has 0 bridgehead atoms. The van der Waals surface area contributed by atoms with Gasteiger partial charge in [-0.05, 0) is 64.8 Å². The SMILES string of the molecule is C\C=C/C(=C\C=C\C#N)N(Cc1ccc2occc2c1)c1nc(C(=O)NS(C)=O)c(Br)s1. The summed E-state index contributed by atoms with van der Waals surface area (Å²) in [6.07, 6.45) is 11.6. The van der Waals surface area contributed by atoms with Crippen LogP contribution in [0, 0.1) is 11.3 Å². The van der Waals surface area contributed by atoms with Crippen molar-refractivity contribution >= 4 is 60.3 Å². The van der Waals surface area contributed by atoms with E-state index in [0.717, 1.165) is 22.2 Å². The summed E-state index contributed by atoms with van der Waals surface area (Å²) in [4.78, 5) is 18.9. The van der Waals surface area contributed by atoms with E-state index in [9.17, 15) is 9.00 Å². The molecule has 1 unspecified atom stereocenters. The van der Waals surface area contributed by atoms with Gasteiger partial charge in [-0.15, -0.1) is 0 Å². The lowest BCUT2D eigenvalue weighted by Crippen LogP contribution is -2.26. The number of amides is 1. The van der Waals surface area contributed by atoms with E-state index in [1.807, 2.05) is 54.3 Å². The number of nitrogens with one attached hydrogen (secondary N) is 1. The molecular formula is C22H19BrN4O3S2. The van der Waals surface area contributed by atoms with Crippen molar-refractivity contribution in [2.24, 2.45) is 0 Å². The molecule has 0 saturated heterocycles. The Hall–Kier alpha value is -3.00. The quantitative estimate of drug-likeness (QED) is 0.316. The van der Waals surface area contributed by atoms with Gasteiger partial charge in [0.05, 0.1) is 18.9 Å². The molecule has 0 aliphatic carbocycles. The van der Waals surface area contributed by atoms with Gasteiger partial charge in [-0.1, -0.05) is 23.5 Å². The number of anilines is 1. The smallest absolute Gasteiger partial charge is 0.283 e. The molecule has 32 heavy (non-hydrogen) atoms. The normalized spacial score (nSPS) is 13.0. The van der Waals surface area contributed by atoms with Gasteiger partial charge in [0.2, 0.25) is 0 Å². The fraction of sp³-hybridized carbons (Fsp3) is 0.136. The number of fused-ring (bicyclic) bond motifs is 1. The number of carbonyl (C=O) groups excluding carboxylic acids is 1. The monoisotopic (exact) mass is 530 g/mol. The molecule has 2 heterocycles. The number of rotatable bonds is 8. The first-order valence-corrected chi connectivity index (χ1v) is 12.5. The Morgan fingerprint density at radius 1 is 1.44 bits per heavy atom. The Kier molecular flexibility index (Phi) is 8.16. The summed E-state index contributed by atoms with van der Waals surface area (Å²) in [6, 6.07) is 9.78. The van der Waals surface area contributed by atoms with Gasteiger partial charge in [-0.25, -0.2) is 9.19 Å². The third kappa shape index (κ3) is 5.82. The second kappa shape index (κ2) is 11.0. The van der Waals surface area contributed by atoms with Crippen molar-refractivity contribution in [1.29, 1.82) is 5.26 Å². The summed E-state index contributed by atoms with van der Waals surface area (Å²) >= 11 is 4.69. The second-order valence-corrected chi connectivity index (χ2v) is 9.87. The van der Waals surface area contributed by atoms with Crippen molar-refractivity contribution in [2.45, 2.75) is 13.5 Å². The highest BCUT2D eigenvalue weighted by atomic mass is 79.9. The molecule has 10 heteroatoms. The van der Waals surface area contributed by atoms with Crippen molar-refractivity contribution in [2.75, 3.05) is 11.2 Å². The van der Waals surface area contributed by atoms with E-state index >= 15 is 0 Å². The van der Waals surface area contributed by atoms with Gasteiger partial charge in [0.25, 0.3) is 5.91 Å². The lowest BCUT2D eigenvalue weighted by Gasteiger charge is -2.23. The summed E-state index contributed by atoms with van der Waals surface area (Å²) in [6.45, 7) is 2.35. The van der Waals surface area contributed by atoms with E-state index < -0.39 is 16.9 Å². The molecular weight excluding hydrogens is 512 g/mol. The number of hydrogen-bond acceptors (Lipinski definition) is 7. The fourth-order valence-electron chi connectivity index (χ4n) is 2.89. The summed E-state index contributed by atoms with van der Waals surface area (Å²) < 4.78 is 19.7. The van der Waals surface area contributed by atoms with Crippen LogP contribution in [-0.4, -0.2) is 21.4 Å². The van der Waals surface area contributed by atoms with Crippen LogP contribution in [0.25, 0.3) is 11.0 Å². The van der Waals surface area contributed by atoms with Gasteiger partial charge >= 0.3 is 0 Å². The van der Waals surface area contributed by atoms with Gasteiger partial charge in [-0.3, -0.25) is 9.52 Å². The average molecular weight is 531 g/mol. The number of nitrogens with zero attached hydrogens (tertiary/aromatic N) is 3. The van der Waals surface area contributed by atoms with Crippen LogP contribution in [-0.2, 0) is 17.5 Å². The minimum absolute atomic E-state index is 0.155. The van der Waals surface area contributed by atoms with E-state index in [4.69, 9.17) is 9.68 Å². The van der Waals surface area contributed by atoms with Crippen LogP contribution in [0.15, 0.2) is 74.8 Å². The number of nitriles is 1. The molecule has 7 nitrogen and oxygen atoms in total. The first-order chi connectivity index (χ1) is 15.4. The first-order valence-electron chi connectivity index (χ1n) is 9.36. The van der Waals surface area contributed by atoms with Crippen molar-refractivity contribution in [3.05, 3.63) is 81.6 Å². The third-order valence-corrected chi connectivity index (χ3v) is 6.40. The number of halogens is 1. The summed E-state index contributed by atoms with van der Waals surface area (Å²) in [7, 11) is -1.50. The van der Waals surface area contributed by atoms with Crippen molar-refractivity contribution in [3.63, 3.8) is 0 Å². The van der Waals surface area contributed by atoms with Crippen LogP contribution in [0.4, 0.5) is 5.13 Å². The van der Waals surface area contributed by atoms with Crippen molar-refractivity contribution in [1.82, 2.24) is 9.71 Å². The molecule has 0 aliphatic rings. The standard InChI is InChI=1S/C22H19BrN4O3S2/c1-3-6-17(7-4-5-11-24)27(14-15-8-9-18-16(13-15)10-12-30-18)22-25-19(20(23)31-22)21(28)26-32(2)29/h3-10,12-13H,14H2,1-2H3,(H,26,28)/b5-4+,6-3-,17-7+. The van der Waals surface area contributed by atoms with Gasteiger partial charge in [0.1, 0.15) is 20.4 Å². The zero-order valence-electron chi connectivity index (χ0n) is 17.2. The maximum atomic E-state index is 12.4. The Bertz CT molecular complexity index is 1280. The van der Waals surface area contributed by atoms with E-state index in [0.29, 0.717) is 15.5 Å². The predicted molar refractivity (Wildman–Crippen MR) is 131 cm³/mol. The van der Waals surface area contributed by atoms with E-state index in [1.165, 1.54) is 23.7 Å². The molecule has 0 saturated carbocycles. The van der Waals surface area contributed by atoms with Gasteiger partial charge in [-0.2, -0.15) is 5.26 Å². The molecule has 3 aromatic rings. The number of hydrogen-bond donors (Lipinski definition) is 1. The molecule has 3 rings (SSSR count). The van der Waals surface area contributed by atoms with E-state index in [-0.39, 0.29) is 5.69 Å². The van der Waals surface area contributed by atoms with Crippen LogP contribution in [0.3, 0.4) is 0 Å². The molecule has 1 aromatic carbocycles. The summed E-state index contributed by atoms with van der Waals surface area (Å²) in [5.41, 5.74) is 2.73. The number of carbonyl (C=O) groups is 1. The summed E-state index contributed by atoms with van der Waals surface area (Å²) in [5.74, 6) is -0.527. The van der Waals surface area contributed by atoms with Crippen molar-refractivity contribution < 1.29 is 13.4 Å². The van der Waals surface area contributed by atoms with Crippen LogP contribution in [0.2, 0.25) is 0 Å². The maximum Gasteiger partial charge on any atom is 0.283 e. The van der Waals surface area contributed by atoms with Crippen LogP contribution in [0.5, 0.6) is 0 Å². The average Bonchev–Trinajstić information content (AvgIpc) is 3.37. The lowest BCUT2D eigenvalue weighted by molar-refractivity contribution is 0.0978. The van der Waals surface area contributed by atoms with Crippen molar-refractivity contribution in [3.8, 4) is 6.07 Å². The molecule has 0 fully saturated rings. The highest BCUT2D eigenvalue weighted by Crippen LogP contribution is 2.34. The molecule has 164 valence electrons. The number of aromatic nitrogens is 1. The molecule has 1 amide bonds. The van der Waals surface area contributed by atoms with E-state index in [1.54, 1.807) is 18.4 Å². The minimum Gasteiger partial charge on any atom is -0.464 e. The highest BCUT2D eigenvalue weighted by Gasteiger charge is 2.22. The molecule has 0 aliphatic heterocycles. The largest absolute Gasteiger partial charge is 0.464 e. The molecule has 0 spiro atoms. The zero-order chi connectivity index (χ0) is 23.1. The van der Waals surface area contributed by atoms with Gasteiger partial charge in [0, 0.05) is 23.4 Å². The van der Waals surface area contributed by atoms with Crippen LogP contribution >= 0.6 is 27.3 Å². The van der Waals surface area contributed by atoms with E-state index in [2.05, 4.69) is 25.6 Å². The number of allylic oxidation sites excluding steroid dienone is 5. The second-order valence-electron chi connectivity index (χ2n) is 6.46. The van der Waals surface area contributed by atoms with Crippen LogP contribution in [0.1, 0.15) is 23.0 Å². The zero-order valence-corrected chi connectivity index (χ0v) is 20.5. The molecule has 0 radical (unpaired) electrons. The first kappa shape index (κ1) is 23.7. The molecule has 2 aromatic heterocycles. The fourth-order valence-corrected chi connectivity index (χ4v) is 4.76. The van der Waals surface area contributed by atoms with Crippen LogP contribution < -0.4 is 9.62 Å². The highest BCUT2D eigenvalue weighted by molar-refractivity contribution is 9.11. The Morgan fingerprint density at radius 2 is 2.25 bits per heavy atom. The van der Waals surface area contributed by atoms with Gasteiger partial charge < -0.3 is 9.32 Å². The Morgan fingerprint density at radius 3 is 2.97 bits per heavy atom. The molecule has 1 atom stereocenters. The number of benzene rings is 1. The minimum atomic E-state index is -1.50. The maximum absolute atomic E-state index is 12.4. The Balaban J connectivity index is 2.06. The predicted octanol–water partition coefficient (Wildman–Crippen LogP) is 5.22. The number of thiazole rings is 1. The topological polar surface area (TPSA) is 99.2 Å². The lowest BCUT2D eigenvalue weighted by atomic mass is 10.1.